The summed E-state index contributed by atoms with van der Waals surface area (Å²) in [5.74, 6) is -1.16. The summed E-state index contributed by atoms with van der Waals surface area (Å²) in [6, 6.07) is 19.2. The minimum atomic E-state index is -0.542. The molecule has 0 N–H and O–H groups in total. The second-order valence-electron chi connectivity index (χ2n) is 8.11. The van der Waals surface area contributed by atoms with Crippen molar-refractivity contribution in [1.29, 1.82) is 0 Å². The van der Waals surface area contributed by atoms with Gasteiger partial charge in [-0.15, -0.1) is 5.10 Å². The molecule has 0 fully saturated rings. The van der Waals surface area contributed by atoms with E-state index in [-0.39, 0.29) is 37.0 Å². The molecule has 174 valence electrons. The zero-order valence-corrected chi connectivity index (χ0v) is 19.2. The number of rotatable bonds is 8. The fourth-order valence-electron chi connectivity index (χ4n) is 3.85. The molecule has 5 nitrogen and oxygen atoms in total. The summed E-state index contributed by atoms with van der Waals surface area (Å²) in [6.07, 6.45) is 0.0455. The van der Waals surface area contributed by atoms with Crippen LogP contribution in [0.5, 0.6) is 0 Å². The van der Waals surface area contributed by atoms with Crippen LogP contribution in [0.3, 0.4) is 0 Å². The third kappa shape index (κ3) is 5.15. The number of aromatic nitrogens is 3. The molecule has 0 amide bonds. The van der Waals surface area contributed by atoms with Gasteiger partial charge in [0.15, 0.2) is 11.6 Å². The summed E-state index contributed by atoms with van der Waals surface area (Å²) >= 11 is 5.99. The first-order valence-electron chi connectivity index (χ1n) is 10.8. The molecule has 34 heavy (non-hydrogen) atoms. The minimum absolute atomic E-state index is 0.0455. The summed E-state index contributed by atoms with van der Waals surface area (Å²) in [6.45, 7) is 1.43. The predicted octanol–water partition coefficient (Wildman–Crippen LogP) is 5.45. The summed E-state index contributed by atoms with van der Waals surface area (Å²) in [7, 11) is 0. The number of ketones is 1. The van der Waals surface area contributed by atoms with Crippen LogP contribution >= 0.6 is 11.6 Å². The van der Waals surface area contributed by atoms with Crippen molar-refractivity contribution in [1.82, 2.24) is 14.3 Å². The van der Waals surface area contributed by atoms with Crippen molar-refractivity contribution in [3.8, 4) is 11.4 Å². The molecule has 1 atom stereocenters. The number of nitrogens with zero attached hydrogens (tertiary/aromatic N) is 3. The highest BCUT2D eigenvalue weighted by Gasteiger charge is 2.20. The largest absolute Gasteiger partial charge is 0.346 e. The van der Waals surface area contributed by atoms with Gasteiger partial charge in [-0.2, -0.15) is 0 Å². The van der Waals surface area contributed by atoms with E-state index < -0.39 is 11.5 Å². The van der Waals surface area contributed by atoms with E-state index in [1.54, 1.807) is 67.6 Å². The number of halogens is 3. The zero-order valence-electron chi connectivity index (χ0n) is 18.4. The Bertz CT molecular complexity index is 1380. The predicted molar refractivity (Wildman–Crippen MR) is 127 cm³/mol. The van der Waals surface area contributed by atoms with Crippen LogP contribution in [0, 0.1) is 11.6 Å². The van der Waals surface area contributed by atoms with Crippen molar-refractivity contribution in [3.05, 3.63) is 111 Å². The standard InChI is InChI=1S/C26H22ClF2N3O2/c1-17(22-7-3-5-9-24(22)29)14-21(33)16-32-26(34)31(15-19-6-2-4-8-23(19)28)25(30-32)18-10-12-20(27)13-11-18/h2-13,17H,14-16H2,1H3. The highest BCUT2D eigenvalue weighted by molar-refractivity contribution is 6.30. The maximum absolute atomic E-state index is 14.3. The molecule has 0 saturated carbocycles. The second-order valence-corrected chi connectivity index (χ2v) is 8.55. The smallest absolute Gasteiger partial charge is 0.298 e. The van der Waals surface area contributed by atoms with Gasteiger partial charge in [0.1, 0.15) is 18.2 Å². The Morgan fingerprint density at radius 3 is 2.29 bits per heavy atom. The summed E-state index contributed by atoms with van der Waals surface area (Å²) in [5, 5.41) is 4.90. The quantitative estimate of drug-likeness (QED) is 0.336. The van der Waals surface area contributed by atoms with Gasteiger partial charge in [0, 0.05) is 22.6 Å². The van der Waals surface area contributed by atoms with Gasteiger partial charge >= 0.3 is 5.69 Å². The van der Waals surface area contributed by atoms with Crippen LogP contribution in [-0.4, -0.2) is 20.1 Å². The van der Waals surface area contributed by atoms with Crippen molar-refractivity contribution in [2.75, 3.05) is 0 Å². The number of Topliss-reactive ketones (excluding diaryl/α,β-unsaturated/α-hetero) is 1. The molecular weight excluding hydrogens is 460 g/mol. The Hall–Kier alpha value is -3.58. The number of carbonyl (C=O) groups is 1. The lowest BCUT2D eigenvalue weighted by molar-refractivity contribution is -0.120. The zero-order chi connectivity index (χ0) is 24.2. The Morgan fingerprint density at radius 2 is 1.62 bits per heavy atom. The Morgan fingerprint density at radius 1 is 0.971 bits per heavy atom. The molecule has 0 aliphatic carbocycles. The Balaban J connectivity index is 1.64. The maximum Gasteiger partial charge on any atom is 0.346 e. The molecule has 1 unspecified atom stereocenters. The molecule has 1 heterocycles. The van der Waals surface area contributed by atoms with Gasteiger partial charge < -0.3 is 0 Å². The van der Waals surface area contributed by atoms with Crippen LogP contribution in [0.2, 0.25) is 5.02 Å². The molecule has 1 aromatic heterocycles. The number of hydrogen-bond donors (Lipinski definition) is 0. The second kappa shape index (κ2) is 10.1. The molecule has 3 aromatic carbocycles. The molecular formula is C26H22ClF2N3O2. The van der Waals surface area contributed by atoms with Gasteiger partial charge in [0.2, 0.25) is 0 Å². The van der Waals surface area contributed by atoms with E-state index >= 15 is 0 Å². The van der Waals surface area contributed by atoms with E-state index in [2.05, 4.69) is 5.10 Å². The monoisotopic (exact) mass is 481 g/mol. The molecule has 0 bridgehead atoms. The minimum Gasteiger partial charge on any atom is -0.298 e. The van der Waals surface area contributed by atoms with Crippen molar-refractivity contribution in [2.24, 2.45) is 0 Å². The van der Waals surface area contributed by atoms with Crippen LogP contribution < -0.4 is 5.69 Å². The van der Waals surface area contributed by atoms with Crippen molar-refractivity contribution >= 4 is 17.4 Å². The molecule has 4 aromatic rings. The van der Waals surface area contributed by atoms with Crippen molar-refractivity contribution < 1.29 is 13.6 Å². The van der Waals surface area contributed by atoms with Crippen molar-refractivity contribution in [2.45, 2.75) is 32.4 Å². The lowest BCUT2D eigenvalue weighted by Gasteiger charge is -2.11. The number of hydrogen-bond acceptors (Lipinski definition) is 3. The molecule has 4 rings (SSSR count). The molecule has 0 radical (unpaired) electrons. The fourth-order valence-corrected chi connectivity index (χ4v) is 3.98. The Labute approximate surface area is 200 Å². The van der Waals surface area contributed by atoms with Gasteiger partial charge in [0.25, 0.3) is 0 Å². The maximum atomic E-state index is 14.3. The van der Waals surface area contributed by atoms with Gasteiger partial charge in [-0.05, 0) is 47.9 Å². The average Bonchev–Trinajstić information content (AvgIpc) is 3.11. The Kier molecular flexibility index (Phi) is 7.03. The average molecular weight is 482 g/mol. The molecule has 0 saturated heterocycles. The van der Waals surface area contributed by atoms with E-state index in [1.165, 1.54) is 16.7 Å². The van der Waals surface area contributed by atoms with E-state index in [0.29, 0.717) is 27.5 Å². The van der Waals surface area contributed by atoms with E-state index in [0.717, 1.165) is 4.68 Å². The SMILES string of the molecule is CC(CC(=O)Cn1nc(-c2ccc(Cl)cc2)n(Cc2ccccc2F)c1=O)c1ccccc1F. The lowest BCUT2D eigenvalue weighted by atomic mass is 9.95. The molecule has 0 aliphatic heterocycles. The molecule has 8 heteroatoms. The van der Waals surface area contributed by atoms with Crippen LogP contribution in [-0.2, 0) is 17.9 Å². The van der Waals surface area contributed by atoms with Crippen LogP contribution in [0.1, 0.15) is 30.4 Å². The third-order valence-electron chi connectivity index (χ3n) is 5.61. The van der Waals surface area contributed by atoms with E-state index in [4.69, 9.17) is 11.6 Å². The summed E-state index contributed by atoms with van der Waals surface area (Å²) in [4.78, 5) is 26.0. The van der Waals surface area contributed by atoms with Crippen LogP contribution in [0.15, 0.2) is 77.6 Å². The third-order valence-corrected chi connectivity index (χ3v) is 5.86. The normalized spacial score (nSPS) is 12.0. The summed E-state index contributed by atoms with van der Waals surface area (Å²) < 4.78 is 30.8. The van der Waals surface area contributed by atoms with Crippen molar-refractivity contribution in [3.63, 3.8) is 0 Å². The fraction of sp³-hybridized carbons (Fsp3) is 0.192. The first-order chi connectivity index (χ1) is 16.3. The van der Waals surface area contributed by atoms with E-state index in [9.17, 15) is 18.4 Å². The lowest BCUT2D eigenvalue weighted by Crippen LogP contribution is -2.28. The van der Waals surface area contributed by atoms with Crippen LogP contribution in [0.25, 0.3) is 11.4 Å². The first-order valence-corrected chi connectivity index (χ1v) is 11.1. The van der Waals surface area contributed by atoms with E-state index in [1.807, 2.05) is 0 Å². The summed E-state index contributed by atoms with van der Waals surface area (Å²) in [5.41, 5.74) is 0.817. The topological polar surface area (TPSA) is 56.9 Å². The van der Waals surface area contributed by atoms with Crippen LogP contribution in [0.4, 0.5) is 8.78 Å². The van der Waals surface area contributed by atoms with Gasteiger partial charge in [0.05, 0.1) is 6.54 Å². The first kappa shape index (κ1) is 23.6. The van der Waals surface area contributed by atoms with Gasteiger partial charge in [-0.1, -0.05) is 54.9 Å². The van der Waals surface area contributed by atoms with Gasteiger partial charge in [-0.3, -0.25) is 9.36 Å². The number of carbonyl (C=O) groups excluding carboxylic acids is 1. The highest BCUT2D eigenvalue weighted by Crippen LogP contribution is 2.23. The highest BCUT2D eigenvalue weighted by atomic mass is 35.5. The van der Waals surface area contributed by atoms with Gasteiger partial charge in [-0.25, -0.2) is 18.3 Å². The molecule has 0 aliphatic rings. The number of benzene rings is 3. The molecule has 0 spiro atoms.